The first-order valence-corrected chi connectivity index (χ1v) is 8.89. The SMILES string of the molecule is COc1ccc(/C=C/C(=O)NCCCc2ccc(C)cc2)c(OC)c1OC. The molecule has 1 N–H and O–H groups in total. The molecule has 5 heteroatoms. The normalized spacial score (nSPS) is 10.7. The molecule has 27 heavy (non-hydrogen) atoms. The van der Waals surface area contributed by atoms with Crippen LogP contribution in [0.3, 0.4) is 0 Å². The molecule has 2 aromatic rings. The summed E-state index contributed by atoms with van der Waals surface area (Å²) in [6, 6.07) is 12.1. The quantitative estimate of drug-likeness (QED) is 0.540. The lowest BCUT2D eigenvalue weighted by Crippen LogP contribution is -2.22. The average Bonchev–Trinajstić information content (AvgIpc) is 2.69. The van der Waals surface area contributed by atoms with E-state index < -0.39 is 0 Å². The number of benzene rings is 2. The van der Waals surface area contributed by atoms with E-state index in [-0.39, 0.29) is 5.91 Å². The highest BCUT2D eigenvalue weighted by atomic mass is 16.5. The highest BCUT2D eigenvalue weighted by molar-refractivity contribution is 5.92. The van der Waals surface area contributed by atoms with E-state index in [2.05, 4.69) is 36.5 Å². The van der Waals surface area contributed by atoms with Crippen LogP contribution in [0.25, 0.3) is 6.08 Å². The summed E-state index contributed by atoms with van der Waals surface area (Å²) in [7, 11) is 4.67. The van der Waals surface area contributed by atoms with Crippen molar-refractivity contribution in [2.24, 2.45) is 0 Å². The van der Waals surface area contributed by atoms with Crippen molar-refractivity contribution in [1.29, 1.82) is 0 Å². The Kier molecular flexibility index (Phi) is 7.74. The summed E-state index contributed by atoms with van der Waals surface area (Å²) in [5, 5.41) is 2.90. The van der Waals surface area contributed by atoms with Crippen molar-refractivity contribution in [3.8, 4) is 17.2 Å². The predicted molar refractivity (Wildman–Crippen MR) is 108 cm³/mol. The van der Waals surface area contributed by atoms with Crippen molar-refractivity contribution in [1.82, 2.24) is 5.32 Å². The fraction of sp³-hybridized carbons (Fsp3) is 0.318. The first-order chi connectivity index (χ1) is 13.1. The lowest BCUT2D eigenvalue weighted by atomic mass is 10.1. The standard InChI is InChI=1S/C22H27NO4/c1-16-7-9-17(10-8-16)6-5-15-23-20(24)14-12-18-11-13-19(25-2)22(27-4)21(18)26-3/h7-14H,5-6,15H2,1-4H3,(H,23,24)/b14-12+. The molecular weight excluding hydrogens is 342 g/mol. The van der Waals surface area contributed by atoms with Gasteiger partial charge < -0.3 is 19.5 Å². The molecule has 0 fully saturated rings. The van der Waals surface area contributed by atoms with Gasteiger partial charge in [-0.2, -0.15) is 0 Å². The Morgan fingerprint density at radius 1 is 0.963 bits per heavy atom. The first kappa shape index (κ1) is 20.4. The number of carbonyl (C=O) groups excluding carboxylic acids is 1. The van der Waals surface area contributed by atoms with E-state index in [9.17, 15) is 4.79 Å². The maximum absolute atomic E-state index is 12.1. The monoisotopic (exact) mass is 369 g/mol. The molecule has 0 atom stereocenters. The van der Waals surface area contributed by atoms with Gasteiger partial charge in [0, 0.05) is 18.2 Å². The van der Waals surface area contributed by atoms with Gasteiger partial charge >= 0.3 is 0 Å². The number of amides is 1. The van der Waals surface area contributed by atoms with Crippen molar-refractivity contribution in [3.63, 3.8) is 0 Å². The fourth-order valence-electron chi connectivity index (χ4n) is 2.74. The second-order valence-corrected chi connectivity index (χ2v) is 6.14. The number of hydrogen-bond donors (Lipinski definition) is 1. The van der Waals surface area contributed by atoms with E-state index in [1.807, 2.05) is 6.07 Å². The minimum Gasteiger partial charge on any atom is -0.493 e. The fourth-order valence-corrected chi connectivity index (χ4v) is 2.74. The van der Waals surface area contributed by atoms with Crippen LogP contribution in [-0.2, 0) is 11.2 Å². The Morgan fingerprint density at radius 3 is 2.30 bits per heavy atom. The second kappa shape index (κ2) is 10.3. The number of methoxy groups -OCH3 is 3. The van der Waals surface area contributed by atoms with E-state index in [1.165, 1.54) is 17.2 Å². The molecule has 2 rings (SSSR count). The van der Waals surface area contributed by atoms with Gasteiger partial charge in [-0.3, -0.25) is 4.79 Å². The molecular formula is C22H27NO4. The summed E-state index contributed by atoms with van der Waals surface area (Å²) < 4.78 is 16.0. The highest BCUT2D eigenvalue weighted by Crippen LogP contribution is 2.40. The van der Waals surface area contributed by atoms with Gasteiger partial charge in [-0.25, -0.2) is 0 Å². The van der Waals surface area contributed by atoms with Gasteiger partial charge in [0.1, 0.15) is 0 Å². The van der Waals surface area contributed by atoms with Crippen LogP contribution in [0.5, 0.6) is 17.2 Å². The van der Waals surface area contributed by atoms with Gasteiger partial charge in [-0.15, -0.1) is 0 Å². The van der Waals surface area contributed by atoms with E-state index >= 15 is 0 Å². The lowest BCUT2D eigenvalue weighted by Gasteiger charge is -2.13. The molecule has 0 aliphatic heterocycles. The molecule has 0 aromatic heterocycles. The van der Waals surface area contributed by atoms with Gasteiger partial charge in [-0.1, -0.05) is 29.8 Å². The Balaban J connectivity index is 1.89. The number of hydrogen-bond acceptors (Lipinski definition) is 4. The minimum atomic E-state index is -0.143. The molecule has 5 nitrogen and oxygen atoms in total. The Bertz CT molecular complexity index is 782. The molecule has 0 heterocycles. The molecule has 2 aromatic carbocycles. The van der Waals surface area contributed by atoms with Crippen LogP contribution >= 0.6 is 0 Å². The zero-order chi connectivity index (χ0) is 19.6. The molecule has 0 saturated carbocycles. The summed E-state index contributed by atoms with van der Waals surface area (Å²) in [6.07, 6.45) is 5.03. The zero-order valence-electron chi connectivity index (χ0n) is 16.4. The third-order valence-electron chi connectivity index (χ3n) is 4.21. The van der Waals surface area contributed by atoms with Gasteiger partial charge in [0.2, 0.25) is 11.7 Å². The smallest absolute Gasteiger partial charge is 0.244 e. The summed E-state index contributed by atoms with van der Waals surface area (Å²) in [4.78, 5) is 12.1. The van der Waals surface area contributed by atoms with Crippen LogP contribution in [0.4, 0.5) is 0 Å². The van der Waals surface area contributed by atoms with E-state index in [1.54, 1.807) is 33.5 Å². The summed E-state index contributed by atoms with van der Waals surface area (Å²) >= 11 is 0. The summed E-state index contributed by atoms with van der Waals surface area (Å²) in [5.74, 6) is 1.46. The lowest BCUT2D eigenvalue weighted by molar-refractivity contribution is -0.116. The van der Waals surface area contributed by atoms with Crippen LogP contribution in [0, 0.1) is 6.92 Å². The van der Waals surface area contributed by atoms with Gasteiger partial charge in [0.15, 0.2) is 11.5 Å². The number of nitrogens with one attached hydrogen (secondary N) is 1. The molecule has 0 aliphatic carbocycles. The van der Waals surface area contributed by atoms with Crippen LogP contribution in [-0.4, -0.2) is 33.8 Å². The Hall–Kier alpha value is -2.95. The van der Waals surface area contributed by atoms with Crippen LogP contribution in [0.1, 0.15) is 23.1 Å². The second-order valence-electron chi connectivity index (χ2n) is 6.14. The van der Waals surface area contributed by atoms with Crippen molar-refractivity contribution in [2.45, 2.75) is 19.8 Å². The van der Waals surface area contributed by atoms with Crippen molar-refractivity contribution in [3.05, 3.63) is 59.2 Å². The number of carbonyl (C=O) groups is 1. The van der Waals surface area contributed by atoms with Gasteiger partial charge in [-0.05, 0) is 43.5 Å². The number of rotatable bonds is 9. The molecule has 144 valence electrons. The third kappa shape index (κ3) is 5.78. The zero-order valence-corrected chi connectivity index (χ0v) is 16.4. The van der Waals surface area contributed by atoms with Crippen LogP contribution < -0.4 is 19.5 Å². The first-order valence-electron chi connectivity index (χ1n) is 8.89. The van der Waals surface area contributed by atoms with E-state index in [4.69, 9.17) is 14.2 Å². The highest BCUT2D eigenvalue weighted by Gasteiger charge is 2.14. The van der Waals surface area contributed by atoms with Crippen LogP contribution in [0.15, 0.2) is 42.5 Å². The predicted octanol–water partition coefficient (Wildman–Crippen LogP) is 3.78. The largest absolute Gasteiger partial charge is 0.493 e. The van der Waals surface area contributed by atoms with Crippen molar-refractivity contribution >= 4 is 12.0 Å². The van der Waals surface area contributed by atoms with Gasteiger partial charge in [0.25, 0.3) is 0 Å². The van der Waals surface area contributed by atoms with Crippen molar-refractivity contribution in [2.75, 3.05) is 27.9 Å². The maximum Gasteiger partial charge on any atom is 0.244 e. The molecule has 0 unspecified atom stereocenters. The number of aryl methyl sites for hydroxylation is 2. The van der Waals surface area contributed by atoms with Crippen molar-refractivity contribution < 1.29 is 19.0 Å². The summed E-state index contributed by atoms with van der Waals surface area (Å²) in [5.41, 5.74) is 3.27. The molecule has 0 spiro atoms. The maximum atomic E-state index is 12.1. The molecule has 0 aliphatic rings. The molecule has 0 radical (unpaired) electrons. The van der Waals surface area contributed by atoms with Gasteiger partial charge in [0.05, 0.1) is 21.3 Å². The Morgan fingerprint density at radius 2 is 1.67 bits per heavy atom. The molecule has 0 bridgehead atoms. The topological polar surface area (TPSA) is 56.8 Å². The average molecular weight is 369 g/mol. The third-order valence-corrected chi connectivity index (χ3v) is 4.21. The van der Waals surface area contributed by atoms with Crippen LogP contribution in [0.2, 0.25) is 0 Å². The molecule has 0 saturated heterocycles. The summed E-state index contributed by atoms with van der Waals surface area (Å²) in [6.45, 7) is 2.70. The van der Waals surface area contributed by atoms with E-state index in [0.717, 1.165) is 18.4 Å². The minimum absolute atomic E-state index is 0.143. The molecule has 1 amide bonds. The van der Waals surface area contributed by atoms with E-state index in [0.29, 0.717) is 23.8 Å². The Labute approximate surface area is 161 Å². The number of ether oxygens (including phenoxy) is 3.